The van der Waals surface area contributed by atoms with E-state index in [1.807, 2.05) is 18.2 Å². The van der Waals surface area contributed by atoms with E-state index in [2.05, 4.69) is 48.5 Å². The lowest BCUT2D eigenvalue weighted by Crippen LogP contribution is -1.87. The predicted octanol–water partition coefficient (Wildman–Crippen LogP) is 4.54. The highest BCUT2D eigenvalue weighted by atomic mass is 16.3. The molecule has 3 aromatic rings. The quantitative estimate of drug-likeness (QED) is 0.648. The highest BCUT2D eigenvalue weighted by Gasteiger charge is 2.02. The summed E-state index contributed by atoms with van der Waals surface area (Å²) in [5.41, 5.74) is 3.76. The van der Waals surface area contributed by atoms with Gasteiger partial charge >= 0.3 is 0 Å². The van der Waals surface area contributed by atoms with E-state index in [1.54, 1.807) is 6.26 Å². The second-order valence-electron chi connectivity index (χ2n) is 4.34. The molecule has 1 aromatic heterocycles. The third-order valence-electron chi connectivity index (χ3n) is 2.98. The first-order chi connectivity index (χ1) is 8.92. The Morgan fingerprint density at radius 2 is 1.56 bits per heavy atom. The van der Waals surface area contributed by atoms with Crippen molar-refractivity contribution in [1.29, 1.82) is 0 Å². The van der Waals surface area contributed by atoms with Gasteiger partial charge in [0.1, 0.15) is 5.76 Å². The number of hydrogen-bond acceptors (Lipinski definition) is 1. The molecule has 0 saturated carbocycles. The number of hydrogen-bond donors (Lipinski definition) is 0. The topological polar surface area (TPSA) is 13.1 Å². The van der Waals surface area contributed by atoms with Crippen LogP contribution in [-0.2, 0) is 6.42 Å². The largest absolute Gasteiger partial charge is 0.464 e. The molecule has 2 aromatic carbocycles. The molecule has 0 unspecified atom stereocenters. The van der Waals surface area contributed by atoms with Crippen LogP contribution in [0.2, 0.25) is 0 Å². The van der Waals surface area contributed by atoms with E-state index in [0.717, 1.165) is 17.7 Å². The van der Waals surface area contributed by atoms with Gasteiger partial charge in [0.15, 0.2) is 0 Å². The molecule has 0 spiro atoms. The van der Waals surface area contributed by atoms with Crippen LogP contribution in [0, 0.1) is 0 Å². The summed E-state index contributed by atoms with van der Waals surface area (Å²) in [4.78, 5) is 0. The Morgan fingerprint density at radius 1 is 0.722 bits per heavy atom. The Labute approximate surface area is 107 Å². The lowest BCUT2D eigenvalue weighted by Gasteiger charge is -2.04. The summed E-state index contributed by atoms with van der Waals surface area (Å²) in [6, 6.07) is 22.9. The van der Waals surface area contributed by atoms with Gasteiger partial charge in [0.05, 0.1) is 6.26 Å². The number of benzene rings is 2. The van der Waals surface area contributed by atoms with E-state index in [-0.39, 0.29) is 0 Å². The molecule has 1 heteroatoms. The zero-order valence-electron chi connectivity index (χ0n) is 10.0. The van der Waals surface area contributed by atoms with E-state index in [1.165, 1.54) is 11.1 Å². The first kappa shape index (κ1) is 10.8. The maximum absolute atomic E-state index is 5.42. The summed E-state index contributed by atoms with van der Waals surface area (Å²) in [6.45, 7) is 0. The van der Waals surface area contributed by atoms with Crippen LogP contribution in [0.15, 0.2) is 77.4 Å². The molecular weight excluding hydrogens is 220 g/mol. The van der Waals surface area contributed by atoms with E-state index in [4.69, 9.17) is 4.42 Å². The Morgan fingerprint density at radius 3 is 2.33 bits per heavy atom. The Balaban J connectivity index is 1.88. The van der Waals surface area contributed by atoms with Gasteiger partial charge in [-0.1, -0.05) is 48.5 Å². The molecule has 0 aliphatic heterocycles. The molecule has 0 aliphatic carbocycles. The molecular formula is C17H14O. The van der Waals surface area contributed by atoms with Crippen molar-refractivity contribution in [2.24, 2.45) is 0 Å². The van der Waals surface area contributed by atoms with Crippen LogP contribution >= 0.6 is 0 Å². The molecule has 0 aliphatic rings. The maximum atomic E-state index is 5.42. The van der Waals surface area contributed by atoms with Crippen molar-refractivity contribution in [3.8, 4) is 11.3 Å². The van der Waals surface area contributed by atoms with E-state index in [0.29, 0.717) is 0 Å². The minimum atomic E-state index is 0.921. The van der Waals surface area contributed by atoms with Gasteiger partial charge in [-0.15, -0.1) is 0 Å². The Bertz CT molecular complexity index is 609. The normalized spacial score (nSPS) is 10.4. The fourth-order valence-corrected chi connectivity index (χ4v) is 2.11. The van der Waals surface area contributed by atoms with E-state index >= 15 is 0 Å². The fraction of sp³-hybridized carbons (Fsp3) is 0.0588. The van der Waals surface area contributed by atoms with Crippen LogP contribution in [0.3, 0.4) is 0 Å². The predicted molar refractivity (Wildman–Crippen MR) is 73.4 cm³/mol. The van der Waals surface area contributed by atoms with Crippen molar-refractivity contribution in [3.63, 3.8) is 0 Å². The second-order valence-corrected chi connectivity index (χ2v) is 4.34. The summed E-state index contributed by atoms with van der Waals surface area (Å²) < 4.78 is 5.42. The summed E-state index contributed by atoms with van der Waals surface area (Å²) in [5, 5.41) is 0. The summed E-state index contributed by atoms with van der Waals surface area (Å²) >= 11 is 0. The first-order valence-corrected chi connectivity index (χ1v) is 6.08. The minimum absolute atomic E-state index is 0.921. The molecule has 3 rings (SSSR count). The highest BCUT2D eigenvalue weighted by molar-refractivity contribution is 5.58. The fourth-order valence-electron chi connectivity index (χ4n) is 2.11. The molecule has 0 saturated heterocycles. The molecule has 0 amide bonds. The zero-order valence-corrected chi connectivity index (χ0v) is 10.0. The SMILES string of the molecule is c1ccc(Cc2cccc(-c3ccco3)c2)cc1. The maximum Gasteiger partial charge on any atom is 0.133 e. The average Bonchev–Trinajstić information content (AvgIpc) is 2.94. The van der Waals surface area contributed by atoms with Crippen molar-refractivity contribution < 1.29 is 4.42 Å². The summed E-state index contributed by atoms with van der Waals surface area (Å²) in [6.07, 6.45) is 2.66. The van der Waals surface area contributed by atoms with Gasteiger partial charge in [-0.05, 0) is 35.7 Å². The van der Waals surface area contributed by atoms with Crippen molar-refractivity contribution in [3.05, 3.63) is 84.1 Å². The lowest BCUT2D eigenvalue weighted by atomic mass is 10.0. The van der Waals surface area contributed by atoms with Crippen LogP contribution in [0.25, 0.3) is 11.3 Å². The van der Waals surface area contributed by atoms with Crippen LogP contribution in [0.5, 0.6) is 0 Å². The van der Waals surface area contributed by atoms with Gasteiger partial charge < -0.3 is 4.42 Å². The van der Waals surface area contributed by atoms with Crippen LogP contribution in [0.1, 0.15) is 11.1 Å². The molecule has 0 bridgehead atoms. The van der Waals surface area contributed by atoms with Gasteiger partial charge in [-0.25, -0.2) is 0 Å². The zero-order chi connectivity index (χ0) is 12.2. The molecule has 0 atom stereocenters. The van der Waals surface area contributed by atoms with Gasteiger partial charge in [0.25, 0.3) is 0 Å². The smallest absolute Gasteiger partial charge is 0.133 e. The van der Waals surface area contributed by atoms with Crippen molar-refractivity contribution in [2.75, 3.05) is 0 Å². The average molecular weight is 234 g/mol. The third kappa shape index (κ3) is 2.35. The molecule has 18 heavy (non-hydrogen) atoms. The van der Waals surface area contributed by atoms with E-state index in [9.17, 15) is 0 Å². The first-order valence-electron chi connectivity index (χ1n) is 6.08. The van der Waals surface area contributed by atoms with E-state index < -0.39 is 0 Å². The number of furan rings is 1. The van der Waals surface area contributed by atoms with Crippen LogP contribution < -0.4 is 0 Å². The molecule has 0 fully saturated rings. The Hall–Kier alpha value is -2.28. The van der Waals surface area contributed by atoms with Gasteiger partial charge in [0.2, 0.25) is 0 Å². The monoisotopic (exact) mass is 234 g/mol. The molecule has 1 heterocycles. The van der Waals surface area contributed by atoms with Crippen molar-refractivity contribution >= 4 is 0 Å². The van der Waals surface area contributed by atoms with Gasteiger partial charge in [0, 0.05) is 5.56 Å². The molecule has 0 N–H and O–H groups in total. The standard InChI is InChI=1S/C17H14O/c1-2-6-14(7-3-1)12-15-8-4-9-16(13-15)17-10-5-11-18-17/h1-11,13H,12H2. The van der Waals surface area contributed by atoms with Gasteiger partial charge in [-0.2, -0.15) is 0 Å². The third-order valence-corrected chi connectivity index (χ3v) is 2.98. The summed E-state index contributed by atoms with van der Waals surface area (Å²) in [7, 11) is 0. The minimum Gasteiger partial charge on any atom is -0.464 e. The molecule has 88 valence electrons. The Kier molecular flexibility index (Phi) is 2.97. The second kappa shape index (κ2) is 4.92. The molecule has 1 nitrogen and oxygen atoms in total. The number of rotatable bonds is 3. The van der Waals surface area contributed by atoms with Crippen LogP contribution in [-0.4, -0.2) is 0 Å². The van der Waals surface area contributed by atoms with Crippen molar-refractivity contribution in [1.82, 2.24) is 0 Å². The lowest BCUT2D eigenvalue weighted by molar-refractivity contribution is 0.582. The summed E-state index contributed by atoms with van der Waals surface area (Å²) in [5.74, 6) is 0.921. The van der Waals surface area contributed by atoms with Gasteiger partial charge in [-0.3, -0.25) is 0 Å². The molecule has 0 radical (unpaired) electrons. The van der Waals surface area contributed by atoms with Crippen molar-refractivity contribution in [2.45, 2.75) is 6.42 Å². The van der Waals surface area contributed by atoms with Crippen LogP contribution in [0.4, 0.5) is 0 Å². The highest BCUT2D eigenvalue weighted by Crippen LogP contribution is 2.21.